The third-order valence-electron chi connectivity index (χ3n) is 4.14. The molecule has 1 aromatic heterocycles. The average molecular weight is 302 g/mol. The quantitative estimate of drug-likeness (QED) is 0.729. The van der Waals surface area contributed by atoms with Gasteiger partial charge in [0.05, 0.1) is 5.69 Å². The zero-order valence-electron chi connectivity index (χ0n) is 12.9. The topological polar surface area (TPSA) is 50.2 Å². The van der Waals surface area contributed by atoms with Crippen LogP contribution in [0.2, 0.25) is 0 Å². The van der Waals surface area contributed by atoms with Crippen molar-refractivity contribution >= 4 is 22.3 Å². The van der Waals surface area contributed by atoms with E-state index in [1.54, 1.807) is 12.4 Å². The fraction of sp³-hybridized carbons (Fsp3) is 0.211. The molecule has 0 atom stereocenters. The number of benzene rings is 2. The number of hydrogen-bond acceptors (Lipinski definition) is 3. The molecule has 23 heavy (non-hydrogen) atoms. The Morgan fingerprint density at radius 2 is 1.91 bits per heavy atom. The molecule has 3 aromatic rings. The summed E-state index contributed by atoms with van der Waals surface area (Å²) < 4.78 is 0. The molecule has 4 nitrogen and oxygen atoms in total. The van der Waals surface area contributed by atoms with Crippen molar-refractivity contribution in [2.45, 2.75) is 19.3 Å². The highest BCUT2D eigenvalue weighted by atomic mass is 15.0. The molecule has 4 heteroatoms. The predicted molar refractivity (Wildman–Crippen MR) is 93.9 cm³/mol. The van der Waals surface area contributed by atoms with Crippen LogP contribution >= 0.6 is 0 Å². The molecule has 0 unspecified atom stereocenters. The second kappa shape index (κ2) is 6.16. The summed E-state index contributed by atoms with van der Waals surface area (Å²) in [5.74, 6) is 0.997. The smallest absolute Gasteiger partial charge is 0.133 e. The van der Waals surface area contributed by atoms with Crippen molar-refractivity contribution in [3.05, 3.63) is 66.2 Å². The van der Waals surface area contributed by atoms with Crippen molar-refractivity contribution in [1.29, 1.82) is 0 Å². The van der Waals surface area contributed by atoms with Crippen molar-refractivity contribution in [2.24, 2.45) is 4.99 Å². The van der Waals surface area contributed by atoms with E-state index in [1.807, 2.05) is 6.20 Å². The molecule has 1 aliphatic heterocycles. The Bertz CT molecular complexity index is 850. The summed E-state index contributed by atoms with van der Waals surface area (Å²) in [5, 5.41) is 5.99. The lowest BCUT2D eigenvalue weighted by atomic mass is 10.1. The van der Waals surface area contributed by atoms with Gasteiger partial charge in [0.1, 0.15) is 5.84 Å². The van der Waals surface area contributed by atoms with Gasteiger partial charge in [0, 0.05) is 41.8 Å². The van der Waals surface area contributed by atoms with Crippen molar-refractivity contribution in [2.75, 3.05) is 11.9 Å². The maximum atomic E-state index is 4.76. The molecular formula is C19H18N4. The second-order valence-corrected chi connectivity index (χ2v) is 5.72. The molecule has 0 fully saturated rings. The molecule has 1 aliphatic rings. The summed E-state index contributed by atoms with van der Waals surface area (Å²) in [6.45, 7) is 0.826. The molecule has 114 valence electrons. The monoisotopic (exact) mass is 302 g/mol. The van der Waals surface area contributed by atoms with Crippen molar-refractivity contribution < 1.29 is 0 Å². The summed E-state index contributed by atoms with van der Waals surface area (Å²) in [5.41, 5.74) is 3.43. The van der Waals surface area contributed by atoms with E-state index in [9.17, 15) is 0 Å². The minimum absolute atomic E-state index is 0.826. The number of nitrogens with zero attached hydrogens (tertiary/aromatic N) is 3. The van der Waals surface area contributed by atoms with Crippen LogP contribution in [0.1, 0.15) is 24.1 Å². The SMILES string of the molecule is c1cc2c3c(cccc3c1)C(=NCCCCc1cnccn1)N2. The van der Waals surface area contributed by atoms with E-state index in [2.05, 4.69) is 51.7 Å². The van der Waals surface area contributed by atoms with E-state index in [0.717, 1.165) is 43.0 Å². The van der Waals surface area contributed by atoms with Crippen LogP contribution in [0.3, 0.4) is 0 Å². The minimum Gasteiger partial charge on any atom is -0.339 e. The third kappa shape index (κ3) is 2.80. The second-order valence-electron chi connectivity index (χ2n) is 5.72. The number of anilines is 1. The molecule has 0 spiro atoms. The van der Waals surface area contributed by atoms with Crippen LogP contribution in [-0.2, 0) is 6.42 Å². The fourth-order valence-electron chi connectivity index (χ4n) is 3.03. The van der Waals surface area contributed by atoms with Crippen LogP contribution in [0.4, 0.5) is 5.69 Å². The van der Waals surface area contributed by atoms with Gasteiger partial charge in [0.15, 0.2) is 0 Å². The number of aromatic nitrogens is 2. The molecule has 0 bridgehead atoms. The van der Waals surface area contributed by atoms with Crippen LogP contribution in [0, 0.1) is 0 Å². The molecule has 0 saturated carbocycles. The molecule has 0 radical (unpaired) electrons. The van der Waals surface area contributed by atoms with Gasteiger partial charge >= 0.3 is 0 Å². The average Bonchev–Trinajstić information content (AvgIpc) is 2.96. The number of unbranched alkanes of at least 4 members (excludes halogenated alkanes) is 1. The van der Waals surface area contributed by atoms with Gasteiger partial charge in [-0.25, -0.2) is 0 Å². The number of aryl methyl sites for hydroxylation is 1. The first-order valence-electron chi connectivity index (χ1n) is 8.00. The van der Waals surface area contributed by atoms with Gasteiger partial charge in [-0.2, -0.15) is 0 Å². The first-order chi connectivity index (χ1) is 11.4. The zero-order chi connectivity index (χ0) is 15.5. The summed E-state index contributed by atoms with van der Waals surface area (Å²) in [6, 6.07) is 12.7. The third-order valence-corrected chi connectivity index (χ3v) is 4.14. The number of hydrogen-bond donors (Lipinski definition) is 1. The Labute approximate surface area is 135 Å². The largest absolute Gasteiger partial charge is 0.339 e. The van der Waals surface area contributed by atoms with E-state index in [0.29, 0.717) is 0 Å². The van der Waals surface area contributed by atoms with E-state index in [4.69, 9.17) is 4.99 Å². The molecule has 2 aromatic carbocycles. The van der Waals surface area contributed by atoms with Gasteiger partial charge < -0.3 is 5.32 Å². The van der Waals surface area contributed by atoms with Gasteiger partial charge in [0.25, 0.3) is 0 Å². The molecule has 4 rings (SSSR count). The van der Waals surface area contributed by atoms with E-state index in [1.165, 1.54) is 16.3 Å². The fourth-order valence-corrected chi connectivity index (χ4v) is 3.03. The van der Waals surface area contributed by atoms with E-state index < -0.39 is 0 Å². The predicted octanol–water partition coefficient (Wildman–Crippen LogP) is 3.82. The molecule has 0 amide bonds. The van der Waals surface area contributed by atoms with E-state index >= 15 is 0 Å². The maximum absolute atomic E-state index is 4.76. The Morgan fingerprint density at radius 3 is 2.78 bits per heavy atom. The first-order valence-corrected chi connectivity index (χ1v) is 8.00. The normalized spacial score (nSPS) is 14.3. The summed E-state index contributed by atoms with van der Waals surface area (Å²) in [6.07, 6.45) is 8.37. The molecule has 0 saturated heterocycles. The van der Waals surface area contributed by atoms with Gasteiger partial charge in [-0.15, -0.1) is 0 Å². The van der Waals surface area contributed by atoms with Crippen molar-refractivity contribution in [3.8, 4) is 0 Å². The van der Waals surface area contributed by atoms with Gasteiger partial charge in [-0.1, -0.05) is 30.3 Å². The maximum Gasteiger partial charge on any atom is 0.133 e. The van der Waals surface area contributed by atoms with E-state index in [-0.39, 0.29) is 0 Å². The molecule has 0 aliphatic carbocycles. The number of rotatable bonds is 5. The Morgan fingerprint density at radius 1 is 1.00 bits per heavy atom. The zero-order valence-corrected chi connectivity index (χ0v) is 12.9. The van der Waals surface area contributed by atoms with Crippen LogP contribution in [0.15, 0.2) is 60.0 Å². The number of aliphatic imine (C=N–C) groups is 1. The van der Waals surface area contributed by atoms with Gasteiger partial charge in [0.2, 0.25) is 0 Å². The van der Waals surface area contributed by atoms with Gasteiger partial charge in [-0.3, -0.25) is 15.0 Å². The van der Waals surface area contributed by atoms with Gasteiger partial charge in [-0.05, 0) is 30.7 Å². The highest BCUT2D eigenvalue weighted by Crippen LogP contribution is 2.32. The van der Waals surface area contributed by atoms with Crippen molar-refractivity contribution in [1.82, 2.24) is 9.97 Å². The summed E-state index contributed by atoms with van der Waals surface area (Å²) >= 11 is 0. The lowest BCUT2D eigenvalue weighted by molar-refractivity contribution is 0.730. The highest BCUT2D eigenvalue weighted by molar-refractivity contribution is 6.25. The minimum atomic E-state index is 0.826. The van der Waals surface area contributed by atoms with Crippen LogP contribution < -0.4 is 5.32 Å². The van der Waals surface area contributed by atoms with Crippen LogP contribution in [0.25, 0.3) is 10.8 Å². The molecular weight excluding hydrogens is 284 g/mol. The van der Waals surface area contributed by atoms with Crippen LogP contribution in [-0.4, -0.2) is 22.3 Å². The van der Waals surface area contributed by atoms with Crippen LogP contribution in [0.5, 0.6) is 0 Å². The lowest BCUT2D eigenvalue weighted by Gasteiger charge is -2.02. The summed E-state index contributed by atoms with van der Waals surface area (Å²) in [7, 11) is 0. The number of amidine groups is 1. The first kappa shape index (κ1) is 13.9. The highest BCUT2D eigenvalue weighted by Gasteiger charge is 2.18. The number of nitrogens with one attached hydrogen (secondary N) is 1. The molecule has 2 heterocycles. The summed E-state index contributed by atoms with van der Waals surface area (Å²) in [4.78, 5) is 13.2. The Kier molecular flexibility index (Phi) is 3.72. The standard InChI is InChI=1S/C19H18N4/c1(7-15-13-20-11-12-21-15)2-10-22-19-16-8-3-5-14-6-4-9-17(23-19)18(14)16/h3-6,8-9,11-13H,1-2,7,10H2,(H,22,23). The molecule has 1 N–H and O–H groups in total. The lowest BCUT2D eigenvalue weighted by Crippen LogP contribution is -2.08. The van der Waals surface area contributed by atoms with Crippen molar-refractivity contribution in [3.63, 3.8) is 0 Å². The Balaban J connectivity index is 1.40. The Hall–Kier alpha value is -2.75.